The van der Waals surface area contributed by atoms with Crippen LogP contribution in [0.5, 0.6) is 0 Å². The quantitative estimate of drug-likeness (QED) is 0.850. The maximum absolute atomic E-state index is 12.2. The molecule has 0 unspecified atom stereocenters. The first-order valence-corrected chi connectivity index (χ1v) is 7.45. The molecular formula is C16H16N2O2S. The second-order valence-electron chi connectivity index (χ2n) is 4.40. The van der Waals surface area contributed by atoms with E-state index in [0.717, 1.165) is 16.0 Å². The minimum atomic E-state index is -0.119. The molecule has 2 aromatic rings. The summed E-state index contributed by atoms with van der Waals surface area (Å²) < 4.78 is 0. The lowest BCUT2D eigenvalue weighted by Crippen LogP contribution is -2.23. The van der Waals surface area contributed by atoms with Crippen molar-refractivity contribution in [3.63, 3.8) is 0 Å². The van der Waals surface area contributed by atoms with E-state index in [-0.39, 0.29) is 12.5 Å². The number of nitrogens with one attached hydrogen (secondary N) is 1. The molecule has 0 bridgehead atoms. The Hall–Kier alpha value is -2.16. The summed E-state index contributed by atoms with van der Waals surface area (Å²) in [6.07, 6.45) is 2.18. The van der Waals surface area contributed by atoms with Crippen LogP contribution in [0.3, 0.4) is 0 Å². The van der Waals surface area contributed by atoms with Gasteiger partial charge in [-0.3, -0.25) is 9.78 Å². The molecule has 1 amide bonds. The number of hydrogen-bond donors (Lipinski definition) is 2. The van der Waals surface area contributed by atoms with E-state index in [0.29, 0.717) is 18.5 Å². The molecule has 2 rings (SSSR count). The summed E-state index contributed by atoms with van der Waals surface area (Å²) in [6.45, 7) is 2.40. The molecule has 4 nitrogen and oxygen atoms in total. The van der Waals surface area contributed by atoms with Gasteiger partial charge in [-0.1, -0.05) is 17.9 Å². The van der Waals surface area contributed by atoms with Crippen molar-refractivity contribution >= 4 is 17.2 Å². The number of carbonyl (C=O) groups excluding carboxylic acids is 1. The van der Waals surface area contributed by atoms with Crippen LogP contribution >= 0.6 is 11.3 Å². The fourth-order valence-electron chi connectivity index (χ4n) is 1.82. The molecule has 108 valence electrons. The number of aromatic nitrogens is 1. The lowest BCUT2D eigenvalue weighted by molar-refractivity contribution is 0.0950. The van der Waals surface area contributed by atoms with Crippen molar-refractivity contribution in [3.05, 3.63) is 51.5 Å². The van der Waals surface area contributed by atoms with E-state index in [1.165, 1.54) is 11.3 Å². The third-order valence-electron chi connectivity index (χ3n) is 2.94. The molecule has 0 radical (unpaired) electrons. The van der Waals surface area contributed by atoms with E-state index in [1.807, 2.05) is 19.1 Å². The predicted octanol–water partition coefficient (Wildman–Crippen LogP) is 2.12. The van der Waals surface area contributed by atoms with Crippen molar-refractivity contribution in [1.82, 2.24) is 10.3 Å². The molecule has 2 N–H and O–H groups in total. The molecule has 0 atom stereocenters. The summed E-state index contributed by atoms with van der Waals surface area (Å²) in [5.41, 5.74) is 4.03. The Bertz CT molecular complexity index is 669. The molecule has 1 aromatic heterocycles. The van der Waals surface area contributed by atoms with Gasteiger partial charge in [-0.05, 0) is 24.6 Å². The number of aliphatic hydroxyl groups is 1. The summed E-state index contributed by atoms with van der Waals surface area (Å²) in [4.78, 5) is 17.2. The van der Waals surface area contributed by atoms with Crippen LogP contribution in [-0.4, -0.2) is 22.6 Å². The first-order chi connectivity index (χ1) is 10.2. The Labute approximate surface area is 127 Å². The van der Waals surface area contributed by atoms with Gasteiger partial charge < -0.3 is 10.4 Å². The van der Waals surface area contributed by atoms with Crippen LogP contribution in [0.25, 0.3) is 0 Å². The Morgan fingerprint density at radius 2 is 2.33 bits per heavy atom. The number of thiazole rings is 1. The Balaban J connectivity index is 2.10. The number of aliphatic hydroxyl groups excluding tert-OH is 1. The second-order valence-corrected chi connectivity index (χ2v) is 5.37. The molecule has 0 fully saturated rings. The standard InChI is InChI=1S/C16H16N2O2S/c1-12-13(5-2-3-8-19)6-4-7-15(12)16(20)18-10-14-9-17-11-21-14/h4,6-7,9,11,19H,3,8,10H2,1H3,(H,18,20). The van der Waals surface area contributed by atoms with Crippen LogP contribution in [0.1, 0.15) is 32.8 Å². The fraction of sp³-hybridized carbons (Fsp3) is 0.250. The van der Waals surface area contributed by atoms with Crippen LogP contribution in [0.15, 0.2) is 29.9 Å². The van der Waals surface area contributed by atoms with Crippen LogP contribution in [0.4, 0.5) is 0 Å². The largest absolute Gasteiger partial charge is 0.395 e. The van der Waals surface area contributed by atoms with Gasteiger partial charge in [0.15, 0.2) is 0 Å². The van der Waals surface area contributed by atoms with Gasteiger partial charge in [0.05, 0.1) is 18.7 Å². The van der Waals surface area contributed by atoms with E-state index >= 15 is 0 Å². The van der Waals surface area contributed by atoms with Crippen LogP contribution in [0, 0.1) is 18.8 Å². The number of benzene rings is 1. The van der Waals surface area contributed by atoms with Crippen LogP contribution in [0.2, 0.25) is 0 Å². The molecule has 0 aliphatic heterocycles. The molecular weight excluding hydrogens is 284 g/mol. The van der Waals surface area contributed by atoms with Gasteiger partial charge in [-0.25, -0.2) is 0 Å². The topological polar surface area (TPSA) is 62.2 Å². The van der Waals surface area contributed by atoms with Gasteiger partial charge in [0.25, 0.3) is 5.91 Å². The van der Waals surface area contributed by atoms with Gasteiger partial charge in [0.1, 0.15) is 0 Å². The predicted molar refractivity (Wildman–Crippen MR) is 83.0 cm³/mol. The van der Waals surface area contributed by atoms with E-state index < -0.39 is 0 Å². The van der Waals surface area contributed by atoms with E-state index in [4.69, 9.17) is 5.11 Å². The average Bonchev–Trinajstić information content (AvgIpc) is 3.00. The first-order valence-electron chi connectivity index (χ1n) is 6.57. The normalized spacial score (nSPS) is 9.81. The summed E-state index contributed by atoms with van der Waals surface area (Å²) in [5.74, 6) is 5.74. The summed E-state index contributed by atoms with van der Waals surface area (Å²) in [5, 5.41) is 11.6. The highest BCUT2D eigenvalue weighted by atomic mass is 32.1. The third kappa shape index (κ3) is 4.15. The van der Waals surface area contributed by atoms with Gasteiger partial charge >= 0.3 is 0 Å². The molecule has 0 aliphatic rings. The summed E-state index contributed by atoms with van der Waals surface area (Å²) in [7, 11) is 0. The first kappa shape index (κ1) is 15.2. The Morgan fingerprint density at radius 3 is 3.05 bits per heavy atom. The van der Waals surface area contributed by atoms with Crippen molar-refractivity contribution in [3.8, 4) is 11.8 Å². The maximum Gasteiger partial charge on any atom is 0.251 e. The molecule has 0 saturated heterocycles. The van der Waals surface area contributed by atoms with Crippen molar-refractivity contribution in [2.24, 2.45) is 0 Å². The lowest BCUT2D eigenvalue weighted by atomic mass is 10.0. The van der Waals surface area contributed by atoms with Gasteiger partial charge in [0, 0.05) is 28.6 Å². The number of rotatable bonds is 4. The van der Waals surface area contributed by atoms with Crippen molar-refractivity contribution in [1.29, 1.82) is 0 Å². The number of nitrogens with zero attached hydrogens (tertiary/aromatic N) is 1. The monoisotopic (exact) mass is 300 g/mol. The minimum Gasteiger partial charge on any atom is -0.395 e. The van der Waals surface area contributed by atoms with Gasteiger partial charge in [-0.15, -0.1) is 11.3 Å². The van der Waals surface area contributed by atoms with E-state index in [2.05, 4.69) is 22.1 Å². The van der Waals surface area contributed by atoms with E-state index in [9.17, 15) is 4.79 Å². The SMILES string of the molecule is Cc1c(C#CCCO)cccc1C(=O)NCc1cncs1. The highest BCUT2D eigenvalue weighted by Crippen LogP contribution is 2.13. The minimum absolute atomic E-state index is 0.0427. The zero-order valence-electron chi connectivity index (χ0n) is 11.7. The molecule has 0 aliphatic carbocycles. The zero-order valence-corrected chi connectivity index (χ0v) is 12.5. The van der Waals surface area contributed by atoms with Crippen molar-refractivity contribution in [2.45, 2.75) is 19.9 Å². The van der Waals surface area contributed by atoms with Crippen LogP contribution in [-0.2, 0) is 6.54 Å². The van der Waals surface area contributed by atoms with E-state index in [1.54, 1.807) is 17.8 Å². The molecule has 0 spiro atoms. The molecule has 0 saturated carbocycles. The second kappa shape index (κ2) is 7.58. The smallest absolute Gasteiger partial charge is 0.251 e. The number of amides is 1. The average molecular weight is 300 g/mol. The molecule has 1 heterocycles. The molecule has 1 aromatic carbocycles. The van der Waals surface area contributed by atoms with Crippen LogP contribution < -0.4 is 5.32 Å². The fourth-order valence-corrected chi connectivity index (χ4v) is 2.36. The Morgan fingerprint density at radius 1 is 1.48 bits per heavy atom. The number of hydrogen-bond acceptors (Lipinski definition) is 4. The van der Waals surface area contributed by atoms with Crippen molar-refractivity contribution in [2.75, 3.05) is 6.61 Å². The maximum atomic E-state index is 12.2. The Kier molecular flexibility index (Phi) is 5.50. The van der Waals surface area contributed by atoms with Gasteiger partial charge in [0.2, 0.25) is 0 Å². The lowest BCUT2D eigenvalue weighted by Gasteiger charge is -2.08. The highest BCUT2D eigenvalue weighted by molar-refractivity contribution is 7.09. The molecule has 5 heteroatoms. The number of carbonyl (C=O) groups is 1. The zero-order chi connectivity index (χ0) is 15.1. The molecule has 21 heavy (non-hydrogen) atoms. The van der Waals surface area contributed by atoms with Gasteiger partial charge in [-0.2, -0.15) is 0 Å². The summed E-state index contributed by atoms with van der Waals surface area (Å²) in [6, 6.07) is 5.48. The highest BCUT2D eigenvalue weighted by Gasteiger charge is 2.10. The third-order valence-corrected chi connectivity index (χ3v) is 3.72. The summed E-state index contributed by atoms with van der Waals surface area (Å²) >= 11 is 1.51. The van der Waals surface area contributed by atoms with Crippen molar-refractivity contribution < 1.29 is 9.90 Å².